The maximum Gasteiger partial charge on any atom is 0.453 e. The Balaban J connectivity index is 4.27. The standard InChI is InChI=1S/C11H12F10NO/c12-8(13,10(16,17)18)3-1-5-22(7-23)6-2-4-9(14,15)11(19,20)21/h1-6H2. The molecule has 0 saturated heterocycles. The summed E-state index contributed by atoms with van der Waals surface area (Å²) in [5.41, 5.74) is 0. The average Bonchev–Trinajstić information content (AvgIpc) is 2.33. The molecule has 0 aromatic carbocycles. The Morgan fingerprint density at radius 3 is 1.17 bits per heavy atom. The molecule has 1 amide bonds. The normalized spacial score (nSPS) is 14.0. The van der Waals surface area contributed by atoms with Crippen molar-refractivity contribution >= 4 is 6.41 Å². The maximum absolute atomic E-state index is 12.6. The fourth-order valence-electron chi connectivity index (χ4n) is 1.47. The zero-order valence-corrected chi connectivity index (χ0v) is 11.4. The van der Waals surface area contributed by atoms with Crippen LogP contribution in [0.15, 0.2) is 0 Å². The lowest BCUT2D eigenvalue weighted by Gasteiger charge is -2.23. The molecule has 0 rings (SSSR count). The molecule has 12 heteroatoms. The van der Waals surface area contributed by atoms with Gasteiger partial charge in [0.15, 0.2) is 0 Å². The lowest BCUT2D eigenvalue weighted by atomic mass is 10.1. The lowest BCUT2D eigenvalue weighted by molar-refractivity contribution is -0.285. The van der Waals surface area contributed by atoms with E-state index in [1.807, 2.05) is 0 Å². The van der Waals surface area contributed by atoms with E-state index < -0.39 is 63.0 Å². The molecule has 2 nitrogen and oxygen atoms in total. The highest BCUT2D eigenvalue weighted by molar-refractivity contribution is 5.47. The van der Waals surface area contributed by atoms with Gasteiger partial charge in [0.25, 0.3) is 0 Å². The van der Waals surface area contributed by atoms with E-state index in [0.717, 1.165) is 6.41 Å². The first-order valence-electron chi connectivity index (χ1n) is 6.16. The largest absolute Gasteiger partial charge is 0.453 e. The second-order valence-electron chi connectivity index (χ2n) is 4.69. The summed E-state index contributed by atoms with van der Waals surface area (Å²) in [5.74, 6) is -9.96. The van der Waals surface area contributed by atoms with E-state index in [4.69, 9.17) is 0 Å². The van der Waals surface area contributed by atoms with Crippen LogP contribution >= 0.6 is 0 Å². The van der Waals surface area contributed by atoms with Crippen LogP contribution in [0, 0.1) is 0 Å². The van der Waals surface area contributed by atoms with E-state index in [0.29, 0.717) is 4.90 Å². The Kier molecular flexibility index (Phi) is 7.16. The van der Waals surface area contributed by atoms with Gasteiger partial charge < -0.3 is 4.90 Å². The monoisotopic (exact) mass is 364 g/mol. The first-order chi connectivity index (χ1) is 10.1. The molecule has 1 radical (unpaired) electrons. The molecule has 0 aromatic rings. The van der Waals surface area contributed by atoms with Crippen molar-refractivity contribution in [2.24, 2.45) is 0 Å². The molecule has 23 heavy (non-hydrogen) atoms. The van der Waals surface area contributed by atoms with Crippen LogP contribution in [0.2, 0.25) is 0 Å². The number of alkyl halides is 10. The second kappa shape index (κ2) is 7.56. The van der Waals surface area contributed by atoms with Crippen molar-refractivity contribution in [1.82, 2.24) is 4.90 Å². The second-order valence-corrected chi connectivity index (χ2v) is 4.69. The Morgan fingerprint density at radius 2 is 0.957 bits per heavy atom. The van der Waals surface area contributed by atoms with E-state index in [9.17, 15) is 48.7 Å². The number of rotatable bonds is 9. The van der Waals surface area contributed by atoms with Gasteiger partial charge >= 0.3 is 30.6 Å². The fraction of sp³-hybridized carbons (Fsp3) is 0.909. The Hall–Kier alpha value is -1.23. The van der Waals surface area contributed by atoms with Gasteiger partial charge in [-0.25, -0.2) is 0 Å². The van der Waals surface area contributed by atoms with Gasteiger partial charge in [-0.05, 0) is 12.8 Å². The van der Waals surface area contributed by atoms with Crippen LogP contribution in [-0.2, 0) is 4.79 Å². The lowest BCUT2D eigenvalue weighted by Crippen LogP contribution is -2.38. The Labute approximate surface area is 124 Å². The van der Waals surface area contributed by atoms with Crippen LogP contribution in [0.25, 0.3) is 0 Å². The maximum atomic E-state index is 12.6. The molecule has 0 fully saturated rings. The molecule has 0 bridgehead atoms. The first-order valence-corrected chi connectivity index (χ1v) is 6.16. The summed E-state index contributed by atoms with van der Waals surface area (Å²) in [7, 11) is 0. The molecule has 0 unspecified atom stereocenters. The van der Waals surface area contributed by atoms with Crippen molar-refractivity contribution in [1.29, 1.82) is 0 Å². The van der Waals surface area contributed by atoms with Gasteiger partial charge in [0.05, 0.1) is 0 Å². The molecule has 0 saturated carbocycles. The molecule has 0 aromatic heterocycles. The number of nitrogens with zero attached hydrogens (tertiary/aromatic N) is 1. The van der Waals surface area contributed by atoms with Gasteiger partial charge in [0.1, 0.15) is 0 Å². The Bertz CT molecular complexity index is 344. The smallest absolute Gasteiger partial charge is 0.334 e. The van der Waals surface area contributed by atoms with Gasteiger partial charge in [0, 0.05) is 25.9 Å². The highest BCUT2D eigenvalue weighted by Gasteiger charge is 2.57. The predicted molar refractivity (Wildman–Crippen MR) is 57.7 cm³/mol. The van der Waals surface area contributed by atoms with Crippen molar-refractivity contribution in [3.63, 3.8) is 0 Å². The van der Waals surface area contributed by atoms with Crippen LogP contribution in [0.1, 0.15) is 25.7 Å². The van der Waals surface area contributed by atoms with Gasteiger partial charge in [0.2, 0.25) is 0 Å². The molecule has 0 atom stereocenters. The summed E-state index contributed by atoms with van der Waals surface area (Å²) in [6.07, 6.45) is -15.4. The molecule has 0 aliphatic heterocycles. The zero-order valence-electron chi connectivity index (χ0n) is 11.4. The summed E-state index contributed by atoms with van der Waals surface area (Å²) in [5, 5.41) is 0. The third-order valence-electron chi connectivity index (χ3n) is 2.80. The number of carbonyl (C=O) groups excluding carboxylic acids is 1. The van der Waals surface area contributed by atoms with Gasteiger partial charge in [-0.2, -0.15) is 43.9 Å². The van der Waals surface area contributed by atoms with Crippen molar-refractivity contribution < 1.29 is 48.7 Å². The van der Waals surface area contributed by atoms with E-state index in [-0.39, 0.29) is 0 Å². The van der Waals surface area contributed by atoms with Gasteiger partial charge in [-0.15, -0.1) is 0 Å². The number of hydrogen-bond acceptors (Lipinski definition) is 1. The molecular weight excluding hydrogens is 352 g/mol. The molecular formula is C11H12F10NO. The summed E-state index contributed by atoms with van der Waals surface area (Å²) in [6, 6.07) is 0. The molecule has 0 heterocycles. The van der Waals surface area contributed by atoms with Crippen LogP contribution in [0.5, 0.6) is 0 Å². The number of halogens is 10. The highest BCUT2D eigenvalue weighted by Crippen LogP contribution is 2.39. The SMILES string of the molecule is O=[C]N(CCCC(F)(F)C(F)(F)F)CCCC(F)(F)C(F)(F)F. The third kappa shape index (κ3) is 6.81. The minimum absolute atomic E-state index is 0.443. The number of amides is 1. The van der Waals surface area contributed by atoms with Crippen molar-refractivity contribution in [2.45, 2.75) is 49.9 Å². The van der Waals surface area contributed by atoms with Crippen LogP contribution in [-0.4, -0.2) is 48.6 Å². The Morgan fingerprint density at radius 1 is 0.652 bits per heavy atom. The summed E-state index contributed by atoms with van der Waals surface area (Å²) >= 11 is 0. The fourth-order valence-corrected chi connectivity index (χ4v) is 1.47. The summed E-state index contributed by atoms with van der Waals surface area (Å²) in [4.78, 5) is 10.8. The molecule has 137 valence electrons. The summed E-state index contributed by atoms with van der Waals surface area (Å²) in [6.45, 7) is -1.35. The third-order valence-corrected chi connectivity index (χ3v) is 2.80. The molecule has 0 aliphatic rings. The highest BCUT2D eigenvalue weighted by atomic mass is 19.4. The van der Waals surface area contributed by atoms with Gasteiger partial charge in [-0.3, -0.25) is 4.79 Å². The van der Waals surface area contributed by atoms with Crippen LogP contribution in [0.3, 0.4) is 0 Å². The average molecular weight is 364 g/mol. The zero-order chi connectivity index (χ0) is 18.5. The predicted octanol–water partition coefficient (Wildman–Crippen LogP) is 4.31. The van der Waals surface area contributed by atoms with E-state index >= 15 is 0 Å². The van der Waals surface area contributed by atoms with Crippen LogP contribution < -0.4 is 0 Å². The van der Waals surface area contributed by atoms with Gasteiger partial charge in [-0.1, -0.05) is 0 Å². The quantitative estimate of drug-likeness (QED) is 0.441. The van der Waals surface area contributed by atoms with E-state index in [1.165, 1.54) is 0 Å². The minimum atomic E-state index is -5.77. The van der Waals surface area contributed by atoms with Crippen molar-refractivity contribution in [3.05, 3.63) is 0 Å². The minimum Gasteiger partial charge on any atom is -0.334 e. The molecule has 0 spiro atoms. The molecule has 0 aliphatic carbocycles. The van der Waals surface area contributed by atoms with Crippen LogP contribution in [0.4, 0.5) is 43.9 Å². The van der Waals surface area contributed by atoms with Crippen molar-refractivity contribution in [3.8, 4) is 0 Å². The number of hydrogen-bond donors (Lipinski definition) is 0. The first kappa shape index (κ1) is 21.8. The topological polar surface area (TPSA) is 20.3 Å². The summed E-state index contributed by atoms with van der Waals surface area (Å²) < 4.78 is 121. The van der Waals surface area contributed by atoms with Crippen molar-refractivity contribution in [2.75, 3.05) is 13.1 Å². The molecule has 0 N–H and O–H groups in total. The van der Waals surface area contributed by atoms with E-state index in [2.05, 4.69) is 0 Å². The van der Waals surface area contributed by atoms with E-state index in [1.54, 1.807) is 0 Å².